The zero-order valence-corrected chi connectivity index (χ0v) is 9.30. The molecule has 0 aliphatic carbocycles. The molecule has 0 N–H and O–H groups in total. The molecule has 1 amide bonds. The van der Waals surface area contributed by atoms with Crippen molar-refractivity contribution in [2.45, 2.75) is 37.8 Å². The summed E-state index contributed by atoms with van der Waals surface area (Å²) in [5.74, 6) is 0.223. The standard InChI is InChI=1S/C14H16NO/c16-14(11-5-2-1-3-6-11)15-12-7-4-8-13(15)10-9-12/h1-6,12-13H,7-10H2. The van der Waals surface area contributed by atoms with Crippen LogP contribution >= 0.6 is 0 Å². The van der Waals surface area contributed by atoms with Crippen molar-refractivity contribution in [2.75, 3.05) is 0 Å². The summed E-state index contributed by atoms with van der Waals surface area (Å²) in [7, 11) is 0. The van der Waals surface area contributed by atoms with Gasteiger partial charge in [0.25, 0.3) is 5.91 Å². The highest BCUT2D eigenvalue weighted by atomic mass is 16.2. The van der Waals surface area contributed by atoms with E-state index in [9.17, 15) is 4.79 Å². The lowest BCUT2D eigenvalue weighted by Gasteiger charge is -2.34. The molecule has 2 unspecified atom stereocenters. The molecule has 2 bridgehead atoms. The summed E-state index contributed by atoms with van der Waals surface area (Å²) >= 11 is 0. The Hall–Kier alpha value is -1.31. The van der Waals surface area contributed by atoms with Crippen LogP contribution in [0.3, 0.4) is 0 Å². The third-order valence-electron chi connectivity index (χ3n) is 3.75. The SMILES string of the molecule is O=C(c1ccccc1)N1C2C[CH]CC1CC2. The minimum absolute atomic E-state index is 0.223. The molecule has 2 saturated heterocycles. The Bertz CT molecular complexity index is 371. The average Bonchev–Trinajstić information content (AvgIpc) is 2.59. The number of amides is 1. The van der Waals surface area contributed by atoms with E-state index in [-0.39, 0.29) is 5.91 Å². The molecule has 2 atom stereocenters. The van der Waals surface area contributed by atoms with E-state index in [4.69, 9.17) is 0 Å². The quantitative estimate of drug-likeness (QED) is 0.703. The minimum atomic E-state index is 0.223. The fourth-order valence-electron chi connectivity index (χ4n) is 2.97. The summed E-state index contributed by atoms with van der Waals surface area (Å²) in [6.07, 6.45) is 6.86. The molecule has 2 aliphatic rings. The first-order chi connectivity index (χ1) is 7.86. The largest absolute Gasteiger partial charge is 0.333 e. The van der Waals surface area contributed by atoms with E-state index in [1.54, 1.807) is 0 Å². The summed E-state index contributed by atoms with van der Waals surface area (Å²) < 4.78 is 0. The molecule has 1 aromatic carbocycles. The molecule has 2 nitrogen and oxygen atoms in total. The van der Waals surface area contributed by atoms with Gasteiger partial charge in [0.15, 0.2) is 0 Å². The predicted octanol–water partition coefficient (Wildman–Crippen LogP) is 2.66. The number of nitrogens with zero attached hydrogens (tertiary/aromatic N) is 1. The van der Waals surface area contributed by atoms with Crippen molar-refractivity contribution in [1.82, 2.24) is 4.90 Å². The third-order valence-corrected chi connectivity index (χ3v) is 3.75. The van der Waals surface area contributed by atoms with Crippen molar-refractivity contribution in [3.8, 4) is 0 Å². The Morgan fingerprint density at radius 3 is 2.31 bits per heavy atom. The molecule has 16 heavy (non-hydrogen) atoms. The number of hydrogen-bond donors (Lipinski definition) is 0. The van der Waals surface area contributed by atoms with Gasteiger partial charge in [0.05, 0.1) is 0 Å². The first-order valence-electron chi connectivity index (χ1n) is 6.05. The van der Waals surface area contributed by atoms with Crippen LogP contribution in [0.25, 0.3) is 0 Å². The maximum atomic E-state index is 12.4. The zero-order valence-electron chi connectivity index (χ0n) is 9.30. The number of fused-ring (bicyclic) bond motifs is 2. The molecule has 1 radical (unpaired) electrons. The molecule has 3 rings (SSSR count). The van der Waals surface area contributed by atoms with E-state index in [1.807, 2.05) is 30.3 Å². The lowest BCUT2D eigenvalue weighted by Crippen LogP contribution is -2.44. The number of carbonyl (C=O) groups excluding carboxylic acids is 1. The summed E-state index contributed by atoms with van der Waals surface area (Å²) in [5.41, 5.74) is 0.835. The lowest BCUT2D eigenvalue weighted by atomic mass is 10.0. The number of hydrogen-bond acceptors (Lipinski definition) is 1. The van der Waals surface area contributed by atoms with Gasteiger partial charge in [0, 0.05) is 17.6 Å². The van der Waals surface area contributed by atoms with Crippen LogP contribution in [-0.2, 0) is 0 Å². The topological polar surface area (TPSA) is 20.3 Å². The van der Waals surface area contributed by atoms with Crippen molar-refractivity contribution >= 4 is 5.91 Å². The van der Waals surface area contributed by atoms with E-state index in [1.165, 1.54) is 12.8 Å². The molecule has 0 spiro atoms. The highest BCUT2D eigenvalue weighted by Gasteiger charge is 2.39. The summed E-state index contributed by atoms with van der Waals surface area (Å²) in [6, 6.07) is 10.6. The Balaban J connectivity index is 1.86. The van der Waals surface area contributed by atoms with Gasteiger partial charge in [-0.2, -0.15) is 0 Å². The van der Waals surface area contributed by atoms with E-state index in [2.05, 4.69) is 11.3 Å². The normalized spacial score (nSPS) is 28.1. The summed E-state index contributed by atoms with van der Waals surface area (Å²) in [4.78, 5) is 14.5. The van der Waals surface area contributed by atoms with Crippen LogP contribution in [0.15, 0.2) is 30.3 Å². The summed E-state index contributed by atoms with van der Waals surface area (Å²) in [5, 5.41) is 0. The van der Waals surface area contributed by atoms with Gasteiger partial charge < -0.3 is 4.90 Å². The van der Waals surface area contributed by atoms with Gasteiger partial charge in [-0.3, -0.25) is 4.79 Å². The molecule has 2 heterocycles. The van der Waals surface area contributed by atoms with Crippen LogP contribution in [-0.4, -0.2) is 22.9 Å². The molecular weight excluding hydrogens is 198 g/mol. The maximum Gasteiger partial charge on any atom is 0.254 e. The molecule has 0 aromatic heterocycles. The monoisotopic (exact) mass is 214 g/mol. The summed E-state index contributed by atoms with van der Waals surface area (Å²) in [6.45, 7) is 0. The second-order valence-electron chi connectivity index (χ2n) is 4.72. The van der Waals surface area contributed by atoms with E-state index in [0.29, 0.717) is 12.1 Å². The van der Waals surface area contributed by atoms with Gasteiger partial charge in [0.1, 0.15) is 0 Å². The molecule has 2 heteroatoms. The van der Waals surface area contributed by atoms with Gasteiger partial charge in [-0.1, -0.05) is 18.2 Å². The molecule has 1 aromatic rings. The van der Waals surface area contributed by atoms with Crippen molar-refractivity contribution in [3.63, 3.8) is 0 Å². The Labute approximate surface area is 96.3 Å². The van der Waals surface area contributed by atoms with Crippen LogP contribution in [0.1, 0.15) is 36.0 Å². The molecule has 2 fully saturated rings. The number of benzene rings is 1. The zero-order chi connectivity index (χ0) is 11.0. The lowest BCUT2D eigenvalue weighted by molar-refractivity contribution is 0.0631. The first kappa shape index (κ1) is 9.88. The maximum absolute atomic E-state index is 12.4. The van der Waals surface area contributed by atoms with E-state index < -0.39 is 0 Å². The van der Waals surface area contributed by atoms with Crippen molar-refractivity contribution in [2.24, 2.45) is 0 Å². The Morgan fingerprint density at radius 2 is 1.69 bits per heavy atom. The molecule has 0 saturated carbocycles. The average molecular weight is 214 g/mol. The van der Waals surface area contributed by atoms with Crippen molar-refractivity contribution in [1.29, 1.82) is 0 Å². The second-order valence-corrected chi connectivity index (χ2v) is 4.72. The third kappa shape index (κ3) is 1.53. The van der Waals surface area contributed by atoms with E-state index in [0.717, 1.165) is 18.4 Å². The smallest absolute Gasteiger partial charge is 0.254 e. The Kier molecular flexibility index (Phi) is 2.43. The van der Waals surface area contributed by atoms with Crippen molar-refractivity contribution in [3.05, 3.63) is 42.3 Å². The van der Waals surface area contributed by atoms with Gasteiger partial charge in [-0.15, -0.1) is 0 Å². The van der Waals surface area contributed by atoms with E-state index >= 15 is 0 Å². The molecule has 83 valence electrons. The second kappa shape index (κ2) is 3.93. The highest BCUT2D eigenvalue weighted by molar-refractivity contribution is 5.94. The Morgan fingerprint density at radius 1 is 1.06 bits per heavy atom. The van der Waals surface area contributed by atoms with Crippen LogP contribution in [0.5, 0.6) is 0 Å². The minimum Gasteiger partial charge on any atom is -0.333 e. The number of piperidine rings is 1. The number of carbonyl (C=O) groups is 1. The van der Waals surface area contributed by atoms with Crippen LogP contribution in [0, 0.1) is 6.42 Å². The van der Waals surface area contributed by atoms with Crippen molar-refractivity contribution < 1.29 is 4.79 Å². The van der Waals surface area contributed by atoms with Gasteiger partial charge in [-0.05, 0) is 44.2 Å². The highest BCUT2D eigenvalue weighted by Crippen LogP contribution is 2.35. The van der Waals surface area contributed by atoms with Crippen LogP contribution in [0.4, 0.5) is 0 Å². The fraction of sp³-hybridized carbons (Fsp3) is 0.429. The predicted molar refractivity (Wildman–Crippen MR) is 63.0 cm³/mol. The van der Waals surface area contributed by atoms with Gasteiger partial charge in [0.2, 0.25) is 0 Å². The molecular formula is C14H16NO. The number of rotatable bonds is 1. The first-order valence-corrected chi connectivity index (χ1v) is 6.05. The van der Waals surface area contributed by atoms with Gasteiger partial charge in [-0.25, -0.2) is 0 Å². The fourth-order valence-corrected chi connectivity index (χ4v) is 2.97. The van der Waals surface area contributed by atoms with Gasteiger partial charge >= 0.3 is 0 Å². The van der Waals surface area contributed by atoms with Crippen LogP contribution < -0.4 is 0 Å². The van der Waals surface area contributed by atoms with Crippen LogP contribution in [0.2, 0.25) is 0 Å². The molecule has 2 aliphatic heterocycles.